The number of hydrogen-bond acceptors (Lipinski definition) is 2. The molecule has 2 rings (SSSR count). The highest BCUT2D eigenvalue weighted by molar-refractivity contribution is 5.57. The summed E-state index contributed by atoms with van der Waals surface area (Å²) in [5, 5.41) is 3.49. The van der Waals surface area contributed by atoms with Crippen LogP contribution in [0.5, 0.6) is 0 Å². The highest BCUT2D eigenvalue weighted by atomic mass is 19.1. The van der Waals surface area contributed by atoms with Gasteiger partial charge < -0.3 is 10.2 Å². The normalized spacial score (nSPS) is 17.2. The third-order valence-electron chi connectivity index (χ3n) is 4.73. The van der Waals surface area contributed by atoms with Crippen molar-refractivity contribution in [3.05, 3.63) is 29.1 Å². The molecule has 0 amide bonds. The Morgan fingerprint density at radius 1 is 1.33 bits per heavy atom. The number of nitrogens with one attached hydrogen (secondary N) is 1. The third-order valence-corrected chi connectivity index (χ3v) is 4.73. The fraction of sp³-hybridized carbons (Fsp3) is 0.667. The summed E-state index contributed by atoms with van der Waals surface area (Å²) in [7, 11) is 2.17. The molecule has 0 heterocycles. The molecule has 1 fully saturated rings. The average Bonchev–Trinajstić information content (AvgIpc) is 3.00. The van der Waals surface area contributed by atoms with Gasteiger partial charge in [0.25, 0.3) is 0 Å². The first-order chi connectivity index (χ1) is 10.0. The zero-order valence-corrected chi connectivity index (χ0v) is 13.9. The molecule has 1 aromatic carbocycles. The van der Waals surface area contributed by atoms with E-state index in [1.54, 1.807) is 6.07 Å². The molecule has 3 heteroatoms. The second kappa shape index (κ2) is 7.26. The lowest BCUT2D eigenvalue weighted by Crippen LogP contribution is -2.31. The number of hydrogen-bond donors (Lipinski definition) is 1. The molecule has 0 aliphatic heterocycles. The van der Waals surface area contributed by atoms with E-state index in [2.05, 4.69) is 31.1 Å². The Morgan fingerprint density at radius 3 is 2.62 bits per heavy atom. The second-order valence-corrected chi connectivity index (χ2v) is 6.39. The molecule has 1 aliphatic carbocycles. The van der Waals surface area contributed by atoms with E-state index in [-0.39, 0.29) is 11.9 Å². The van der Waals surface area contributed by atoms with Crippen LogP contribution in [0.3, 0.4) is 0 Å². The first kappa shape index (κ1) is 16.3. The summed E-state index contributed by atoms with van der Waals surface area (Å²) >= 11 is 0. The van der Waals surface area contributed by atoms with Crippen molar-refractivity contribution < 1.29 is 4.39 Å². The molecule has 1 atom stereocenters. The minimum atomic E-state index is -0.0984. The molecule has 0 aromatic heterocycles. The van der Waals surface area contributed by atoms with Gasteiger partial charge >= 0.3 is 0 Å². The standard InChI is InChI=1S/C18H29FN2/c1-5-10-20-14(3)16-12-17(19)13(2)11-18(16)21(4)15-8-6-7-9-15/h11-12,14-15,20H,5-10H2,1-4H3. The van der Waals surface area contributed by atoms with E-state index in [4.69, 9.17) is 0 Å². The molecule has 1 saturated carbocycles. The Hall–Kier alpha value is -1.09. The Labute approximate surface area is 128 Å². The van der Waals surface area contributed by atoms with Crippen LogP contribution in [0.25, 0.3) is 0 Å². The molecule has 0 bridgehead atoms. The Morgan fingerprint density at radius 2 is 2.00 bits per heavy atom. The molecule has 1 aliphatic rings. The molecule has 1 unspecified atom stereocenters. The summed E-state index contributed by atoms with van der Waals surface area (Å²) in [4.78, 5) is 2.37. The summed E-state index contributed by atoms with van der Waals surface area (Å²) < 4.78 is 14.0. The highest BCUT2D eigenvalue weighted by Crippen LogP contribution is 2.33. The number of nitrogens with zero attached hydrogens (tertiary/aromatic N) is 1. The van der Waals surface area contributed by atoms with Gasteiger partial charge in [0.05, 0.1) is 0 Å². The van der Waals surface area contributed by atoms with Crippen LogP contribution in [-0.4, -0.2) is 19.6 Å². The van der Waals surface area contributed by atoms with E-state index in [0.29, 0.717) is 6.04 Å². The quantitative estimate of drug-likeness (QED) is 0.826. The molecule has 118 valence electrons. The van der Waals surface area contributed by atoms with Crippen molar-refractivity contribution in [2.45, 2.75) is 65.0 Å². The van der Waals surface area contributed by atoms with Gasteiger partial charge in [-0.2, -0.15) is 0 Å². The lowest BCUT2D eigenvalue weighted by atomic mass is 10.0. The van der Waals surface area contributed by atoms with Gasteiger partial charge in [0.15, 0.2) is 0 Å². The Balaban J connectivity index is 2.30. The van der Waals surface area contributed by atoms with Crippen molar-refractivity contribution in [2.24, 2.45) is 0 Å². The average molecular weight is 292 g/mol. The van der Waals surface area contributed by atoms with Crippen LogP contribution in [-0.2, 0) is 0 Å². The number of halogens is 1. The SMILES string of the molecule is CCCNC(C)c1cc(F)c(C)cc1N(C)C1CCCC1. The zero-order chi connectivity index (χ0) is 15.4. The molecular weight excluding hydrogens is 263 g/mol. The second-order valence-electron chi connectivity index (χ2n) is 6.39. The molecule has 2 nitrogen and oxygen atoms in total. The van der Waals surface area contributed by atoms with Gasteiger partial charge in [-0.05, 0) is 62.9 Å². The monoisotopic (exact) mass is 292 g/mol. The van der Waals surface area contributed by atoms with Gasteiger partial charge in [-0.3, -0.25) is 0 Å². The van der Waals surface area contributed by atoms with Gasteiger partial charge in [-0.15, -0.1) is 0 Å². The summed E-state index contributed by atoms with van der Waals surface area (Å²) in [6.45, 7) is 7.10. The van der Waals surface area contributed by atoms with Gasteiger partial charge in [0.2, 0.25) is 0 Å². The predicted molar refractivity (Wildman–Crippen MR) is 88.5 cm³/mol. The summed E-state index contributed by atoms with van der Waals surface area (Å²) in [6, 6.07) is 4.53. The number of rotatable bonds is 6. The van der Waals surface area contributed by atoms with Crippen LogP contribution in [0.15, 0.2) is 12.1 Å². The summed E-state index contributed by atoms with van der Waals surface area (Å²) in [5.41, 5.74) is 3.01. The first-order valence-corrected chi connectivity index (χ1v) is 8.30. The largest absolute Gasteiger partial charge is 0.371 e. The first-order valence-electron chi connectivity index (χ1n) is 8.30. The molecule has 0 spiro atoms. The molecule has 21 heavy (non-hydrogen) atoms. The van der Waals surface area contributed by atoms with Gasteiger partial charge in [0, 0.05) is 24.8 Å². The van der Waals surface area contributed by atoms with E-state index in [0.717, 1.165) is 24.1 Å². The molecule has 1 N–H and O–H groups in total. The smallest absolute Gasteiger partial charge is 0.126 e. The van der Waals surface area contributed by atoms with E-state index in [1.165, 1.54) is 31.4 Å². The summed E-state index contributed by atoms with van der Waals surface area (Å²) in [5.74, 6) is -0.0984. The highest BCUT2D eigenvalue weighted by Gasteiger charge is 2.23. The van der Waals surface area contributed by atoms with Crippen LogP contribution < -0.4 is 10.2 Å². The van der Waals surface area contributed by atoms with E-state index < -0.39 is 0 Å². The summed E-state index contributed by atoms with van der Waals surface area (Å²) in [6.07, 6.45) is 6.22. The van der Waals surface area contributed by atoms with Crippen LogP contribution in [0.1, 0.15) is 63.1 Å². The van der Waals surface area contributed by atoms with Crippen LogP contribution in [0.2, 0.25) is 0 Å². The van der Waals surface area contributed by atoms with E-state index >= 15 is 0 Å². The van der Waals surface area contributed by atoms with E-state index in [1.807, 2.05) is 13.0 Å². The van der Waals surface area contributed by atoms with Crippen molar-refractivity contribution in [3.8, 4) is 0 Å². The Kier molecular flexibility index (Phi) is 5.63. The van der Waals surface area contributed by atoms with Crippen LogP contribution in [0.4, 0.5) is 10.1 Å². The molecule has 0 saturated heterocycles. The Bertz CT molecular complexity index is 467. The predicted octanol–water partition coefficient (Wildman–Crippen LogP) is 4.57. The molecule has 0 radical (unpaired) electrons. The van der Waals surface area contributed by atoms with Crippen LogP contribution in [0, 0.1) is 12.7 Å². The molecule has 1 aromatic rings. The van der Waals surface area contributed by atoms with Crippen LogP contribution >= 0.6 is 0 Å². The van der Waals surface area contributed by atoms with Crippen molar-refractivity contribution in [1.29, 1.82) is 0 Å². The van der Waals surface area contributed by atoms with Crippen molar-refractivity contribution in [1.82, 2.24) is 5.32 Å². The number of anilines is 1. The zero-order valence-electron chi connectivity index (χ0n) is 13.9. The van der Waals surface area contributed by atoms with Crippen molar-refractivity contribution in [3.63, 3.8) is 0 Å². The fourth-order valence-electron chi connectivity index (χ4n) is 3.29. The van der Waals surface area contributed by atoms with Gasteiger partial charge in [0.1, 0.15) is 5.82 Å². The van der Waals surface area contributed by atoms with Gasteiger partial charge in [-0.1, -0.05) is 19.8 Å². The number of benzene rings is 1. The lowest BCUT2D eigenvalue weighted by Gasteiger charge is -2.31. The maximum atomic E-state index is 14.0. The van der Waals surface area contributed by atoms with E-state index in [9.17, 15) is 4.39 Å². The lowest BCUT2D eigenvalue weighted by molar-refractivity contribution is 0.555. The maximum absolute atomic E-state index is 14.0. The maximum Gasteiger partial charge on any atom is 0.126 e. The minimum Gasteiger partial charge on any atom is -0.371 e. The third kappa shape index (κ3) is 3.76. The van der Waals surface area contributed by atoms with Gasteiger partial charge in [-0.25, -0.2) is 4.39 Å². The molecular formula is C18H29FN2. The minimum absolute atomic E-state index is 0.0984. The van der Waals surface area contributed by atoms with Crippen molar-refractivity contribution in [2.75, 3.05) is 18.5 Å². The van der Waals surface area contributed by atoms with Crippen molar-refractivity contribution >= 4 is 5.69 Å². The number of aryl methyl sites for hydroxylation is 1. The fourth-order valence-corrected chi connectivity index (χ4v) is 3.29. The topological polar surface area (TPSA) is 15.3 Å².